The van der Waals surface area contributed by atoms with Crippen LogP contribution in [-0.2, 0) is 5.60 Å². The molecule has 16 heavy (non-hydrogen) atoms. The Labute approximate surface area is 110 Å². The van der Waals surface area contributed by atoms with Crippen LogP contribution in [-0.4, -0.2) is 5.11 Å². The number of rotatable bonds is 1. The first kappa shape index (κ1) is 12.6. The van der Waals surface area contributed by atoms with Gasteiger partial charge in [-0.2, -0.15) is 11.3 Å². The number of hydrogen-bond donors (Lipinski definition) is 1. The zero-order valence-corrected chi connectivity index (χ0v) is 12.5. The van der Waals surface area contributed by atoms with E-state index in [0.29, 0.717) is 5.92 Å². The van der Waals surface area contributed by atoms with Crippen LogP contribution in [0.5, 0.6) is 0 Å². The fraction of sp³-hybridized carbons (Fsp3) is 0.692. The molecule has 1 heterocycles. The number of thiophene rings is 1. The molecule has 0 saturated heterocycles. The van der Waals surface area contributed by atoms with E-state index in [1.165, 1.54) is 6.42 Å². The molecule has 90 valence electrons. The maximum Gasteiger partial charge on any atom is 0.0923 e. The Hall–Kier alpha value is 0.140. The van der Waals surface area contributed by atoms with Crippen LogP contribution in [0.25, 0.3) is 0 Å². The van der Waals surface area contributed by atoms with Crippen molar-refractivity contribution in [2.24, 2.45) is 11.3 Å². The second kappa shape index (κ2) is 4.11. The van der Waals surface area contributed by atoms with E-state index < -0.39 is 5.60 Å². The van der Waals surface area contributed by atoms with Crippen LogP contribution in [0.3, 0.4) is 0 Å². The molecule has 1 N–H and O–H groups in total. The average molecular weight is 303 g/mol. The van der Waals surface area contributed by atoms with E-state index in [0.717, 1.165) is 22.9 Å². The molecule has 1 fully saturated rings. The lowest BCUT2D eigenvalue weighted by molar-refractivity contribution is -0.0637. The van der Waals surface area contributed by atoms with Gasteiger partial charge in [-0.25, -0.2) is 0 Å². The number of hydrogen-bond acceptors (Lipinski definition) is 2. The average Bonchev–Trinajstić information content (AvgIpc) is 2.46. The van der Waals surface area contributed by atoms with Crippen LogP contribution in [0.1, 0.15) is 45.6 Å². The fourth-order valence-corrected chi connectivity index (χ4v) is 5.10. The van der Waals surface area contributed by atoms with Gasteiger partial charge in [0.1, 0.15) is 0 Å². The molecule has 1 aliphatic carbocycles. The molecule has 1 aliphatic rings. The van der Waals surface area contributed by atoms with Gasteiger partial charge in [0, 0.05) is 15.4 Å². The Morgan fingerprint density at radius 2 is 2.06 bits per heavy atom. The van der Waals surface area contributed by atoms with Crippen LogP contribution in [0, 0.1) is 11.3 Å². The minimum absolute atomic E-state index is 0.230. The van der Waals surface area contributed by atoms with Crippen molar-refractivity contribution in [1.82, 2.24) is 0 Å². The molecule has 2 unspecified atom stereocenters. The smallest absolute Gasteiger partial charge is 0.0923 e. The lowest BCUT2D eigenvalue weighted by atomic mass is 9.64. The molecule has 1 aromatic rings. The van der Waals surface area contributed by atoms with Crippen molar-refractivity contribution >= 4 is 27.3 Å². The highest BCUT2D eigenvalue weighted by molar-refractivity contribution is 9.10. The summed E-state index contributed by atoms with van der Waals surface area (Å²) >= 11 is 5.20. The summed E-state index contributed by atoms with van der Waals surface area (Å²) in [5.74, 6) is 0.584. The zero-order valence-electron chi connectivity index (χ0n) is 10.1. The summed E-state index contributed by atoms with van der Waals surface area (Å²) in [6.45, 7) is 6.76. The quantitative estimate of drug-likeness (QED) is 0.807. The van der Waals surface area contributed by atoms with Crippen molar-refractivity contribution in [2.75, 3.05) is 0 Å². The highest BCUT2D eigenvalue weighted by Gasteiger charge is 2.43. The third-order valence-corrected chi connectivity index (χ3v) is 5.18. The van der Waals surface area contributed by atoms with Crippen molar-refractivity contribution in [2.45, 2.75) is 45.6 Å². The maximum atomic E-state index is 10.9. The maximum absolute atomic E-state index is 10.9. The zero-order chi connectivity index (χ0) is 12.0. The first-order valence-electron chi connectivity index (χ1n) is 5.77. The Morgan fingerprint density at radius 1 is 1.38 bits per heavy atom. The molecule has 3 heteroatoms. The van der Waals surface area contributed by atoms with Gasteiger partial charge in [-0.15, -0.1) is 0 Å². The Balaban J connectivity index is 2.34. The Morgan fingerprint density at radius 3 is 2.56 bits per heavy atom. The van der Waals surface area contributed by atoms with Gasteiger partial charge in [0.2, 0.25) is 0 Å². The first-order chi connectivity index (χ1) is 7.32. The van der Waals surface area contributed by atoms with Gasteiger partial charge < -0.3 is 5.11 Å². The molecule has 0 radical (unpaired) electrons. The van der Waals surface area contributed by atoms with Crippen molar-refractivity contribution in [3.05, 3.63) is 20.8 Å². The van der Waals surface area contributed by atoms with Gasteiger partial charge in [0.05, 0.1) is 5.60 Å². The van der Waals surface area contributed by atoms with E-state index >= 15 is 0 Å². The third-order valence-electron chi connectivity index (χ3n) is 3.47. The first-order valence-corrected chi connectivity index (χ1v) is 7.51. The molecular weight excluding hydrogens is 284 g/mol. The second-order valence-electron chi connectivity index (χ2n) is 6.02. The summed E-state index contributed by atoms with van der Waals surface area (Å²) in [5.41, 5.74) is 0.672. The minimum atomic E-state index is -0.639. The number of halogens is 1. The molecule has 0 amide bonds. The number of aliphatic hydroxyl groups is 1. The summed E-state index contributed by atoms with van der Waals surface area (Å²) in [6, 6.07) is 0. The SMILES string of the molecule is CC1CC(C)(C)CC(O)(c2cscc2Br)C1. The van der Waals surface area contributed by atoms with E-state index in [-0.39, 0.29) is 5.41 Å². The van der Waals surface area contributed by atoms with Gasteiger partial charge in [-0.1, -0.05) is 20.8 Å². The molecule has 1 aromatic heterocycles. The summed E-state index contributed by atoms with van der Waals surface area (Å²) in [4.78, 5) is 0. The van der Waals surface area contributed by atoms with Crippen molar-refractivity contribution in [3.8, 4) is 0 Å². The highest BCUT2D eigenvalue weighted by Crippen LogP contribution is 2.50. The monoisotopic (exact) mass is 302 g/mol. The van der Waals surface area contributed by atoms with Crippen LogP contribution >= 0.6 is 27.3 Å². The predicted molar refractivity (Wildman–Crippen MR) is 72.7 cm³/mol. The van der Waals surface area contributed by atoms with E-state index in [4.69, 9.17) is 0 Å². The molecule has 1 nitrogen and oxygen atoms in total. The van der Waals surface area contributed by atoms with Crippen molar-refractivity contribution < 1.29 is 5.11 Å². The van der Waals surface area contributed by atoms with Gasteiger partial charge in [0.25, 0.3) is 0 Å². The van der Waals surface area contributed by atoms with E-state index in [1.807, 2.05) is 0 Å². The molecule has 2 atom stereocenters. The van der Waals surface area contributed by atoms with Crippen LogP contribution in [0.4, 0.5) is 0 Å². The summed E-state index contributed by atoms with van der Waals surface area (Å²) < 4.78 is 1.06. The van der Waals surface area contributed by atoms with E-state index in [2.05, 4.69) is 47.5 Å². The highest BCUT2D eigenvalue weighted by atomic mass is 79.9. The summed E-state index contributed by atoms with van der Waals surface area (Å²) in [5, 5.41) is 15.0. The normalized spacial score (nSPS) is 33.9. The fourth-order valence-electron chi connectivity index (χ4n) is 3.35. The Kier molecular flexibility index (Phi) is 3.23. The van der Waals surface area contributed by atoms with E-state index in [9.17, 15) is 5.11 Å². The molecule has 0 spiro atoms. The molecule has 0 aliphatic heterocycles. The van der Waals surface area contributed by atoms with Gasteiger partial charge in [-0.3, -0.25) is 0 Å². The minimum Gasteiger partial charge on any atom is -0.385 e. The predicted octanol–water partition coefficient (Wildman–Crippen LogP) is 4.54. The van der Waals surface area contributed by atoms with Crippen molar-refractivity contribution in [1.29, 1.82) is 0 Å². The van der Waals surface area contributed by atoms with Crippen LogP contribution in [0.2, 0.25) is 0 Å². The molecule has 1 saturated carbocycles. The summed E-state index contributed by atoms with van der Waals surface area (Å²) in [7, 11) is 0. The van der Waals surface area contributed by atoms with Crippen molar-refractivity contribution in [3.63, 3.8) is 0 Å². The topological polar surface area (TPSA) is 20.2 Å². The van der Waals surface area contributed by atoms with Crippen LogP contribution in [0.15, 0.2) is 15.2 Å². The largest absolute Gasteiger partial charge is 0.385 e. The van der Waals surface area contributed by atoms with Gasteiger partial charge >= 0.3 is 0 Å². The molecule has 0 bridgehead atoms. The standard InChI is InChI=1S/C13H19BrOS/c1-9-4-12(2,3)8-13(15,5-9)10-6-16-7-11(10)14/h6-7,9,15H,4-5,8H2,1-3H3. The lowest BCUT2D eigenvalue weighted by Crippen LogP contribution is -2.39. The van der Waals surface area contributed by atoms with Gasteiger partial charge in [-0.05, 0) is 51.9 Å². The Bertz CT molecular complexity index is 385. The molecule has 2 rings (SSSR count). The van der Waals surface area contributed by atoms with E-state index in [1.54, 1.807) is 11.3 Å². The second-order valence-corrected chi connectivity index (χ2v) is 7.62. The molecular formula is C13H19BrOS. The van der Waals surface area contributed by atoms with Crippen LogP contribution < -0.4 is 0 Å². The third kappa shape index (κ3) is 2.36. The van der Waals surface area contributed by atoms with Gasteiger partial charge in [0.15, 0.2) is 0 Å². The summed E-state index contributed by atoms with van der Waals surface area (Å²) in [6.07, 6.45) is 2.95. The lowest BCUT2D eigenvalue weighted by Gasteiger charge is -2.44. The molecule has 0 aromatic carbocycles.